The second-order valence-electron chi connectivity index (χ2n) is 6.91. The van der Waals surface area contributed by atoms with Crippen LogP contribution in [-0.2, 0) is 0 Å². The standard InChI is InChI=1S/C21H24Cl2N2O2S/c22-17-6-5-16(15-18(17)23)28-14-2-7-24-8-10-25(11-9-24)19-3-1-4-20-21(19)27-13-12-26-20/h1,3-6,15H,2,7-14H2. The third-order valence-electron chi connectivity index (χ3n) is 5.04. The number of ether oxygens (including phenoxy) is 2. The van der Waals surface area contributed by atoms with Gasteiger partial charge in [-0.1, -0.05) is 29.3 Å². The van der Waals surface area contributed by atoms with Crippen LogP contribution in [0.2, 0.25) is 10.0 Å². The van der Waals surface area contributed by atoms with Crippen molar-refractivity contribution in [1.82, 2.24) is 4.90 Å². The topological polar surface area (TPSA) is 24.9 Å². The van der Waals surface area contributed by atoms with Crippen LogP contribution in [0.25, 0.3) is 0 Å². The van der Waals surface area contributed by atoms with Crippen molar-refractivity contribution in [2.75, 3.05) is 56.6 Å². The zero-order chi connectivity index (χ0) is 19.3. The first-order valence-electron chi connectivity index (χ1n) is 9.64. The fourth-order valence-corrected chi connectivity index (χ4v) is 4.80. The highest BCUT2D eigenvalue weighted by atomic mass is 35.5. The third kappa shape index (κ3) is 4.82. The van der Waals surface area contributed by atoms with Gasteiger partial charge in [0.05, 0.1) is 15.7 Å². The number of nitrogens with zero attached hydrogens (tertiary/aromatic N) is 2. The van der Waals surface area contributed by atoms with E-state index in [1.165, 1.54) is 4.90 Å². The zero-order valence-electron chi connectivity index (χ0n) is 15.7. The van der Waals surface area contributed by atoms with Gasteiger partial charge in [-0.05, 0) is 49.1 Å². The van der Waals surface area contributed by atoms with Crippen molar-refractivity contribution in [3.63, 3.8) is 0 Å². The molecular formula is C21H24Cl2N2O2S. The van der Waals surface area contributed by atoms with Gasteiger partial charge in [0.2, 0.25) is 0 Å². The molecule has 2 aliphatic heterocycles. The number of piperazine rings is 1. The molecule has 1 fully saturated rings. The Labute approximate surface area is 180 Å². The summed E-state index contributed by atoms with van der Waals surface area (Å²) in [5, 5.41) is 1.24. The highest BCUT2D eigenvalue weighted by Gasteiger charge is 2.23. The summed E-state index contributed by atoms with van der Waals surface area (Å²) in [5.41, 5.74) is 1.16. The van der Waals surface area contributed by atoms with Gasteiger partial charge in [-0.2, -0.15) is 0 Å². The molecule has 150 valence electrons. The van der Waals surface area contributed by atoms with Crippen LogP contribution >= 0.6 is 35.0 Å². The van der Waals surface area contributed by atoms with Crippen molar-refractivity contribution in [2.45, 2.75) is 11.3 Å². The first-order valence-corrected chi connectivity index (χ1v) is 11.4. The fraction of sp³-hybridized carbons (Fsp3) is 0.429. The lowest BCUT2D eigenvalue weighted by molar-refractivity contribution is 0.171. The van der Waals surface area contributed by atoms with Gasteiger partial charge in [0.1, 0.15) is 13.2 Å². The van der Waals surface area contributed by atoms with Crippen LogP contribution in [0.5, 0.6) is 11.5 Å². The molecule has 7 heteroatoms. The second kappa shape index (κ2) is 9.49. The summed E-state index contributed by atoms with van der Waals surface area (Å²) in [6, 6.07) is 12.0. The molecule has 4 rings (SSSR count). The van der Waals surface area contributed by atoms with Crippen LogP contribution in [0.3, 0.4) is 0 Å². The minimum absolute atomic E-state index is 0.612. The molecule has 0 atom stereocenters. The highest BCUT2D eigenvalue weighted by Crippen LogP contribution is 2.39. The van der Waals surface area contributed by atoms with Crippen molar-refractivity contribution in [3.05, 3.63) is 46.4 Å². The molecule has 0 amide bonds. The molecule has 1 saturated heterocycles. The Morgan fingerprint density at radius 2 is 1.75 bits per heavy atom. The number of benzene rings is 2. The Balaban J connectivity index is 1.22. The third-order valence-corrected chi connectivity index (χ3v) is 6.86. The summed E-state index contributed by atoms with van der Waals surface area (Å²) in [5.74, 6) is 2.85. The van der Waals surface area contributed by atoms with E-state index in [-0.39, 0.29) is 0 Å². The maximum atomic E-state index is 6.08. The van der Waals surface area contributed by atoms with Gasteiger partial charge in [0, 0.05) is 31.1 Å². The lowest BCUT2D eigenvalue weighted by atomic mass is 10.2. The molecule has 0 unspecified atom stereocenters. The number of halogens is 2. The molecule has 0 aromatic heterocycles. The summed E-state index contributed by atoms with van der Waals surface area (Å²) >= 11 is 13.9. The van der Waals surface area contributed by atoms with E-state index < -0.39 is 0 Å². The van der Waals surface area contributed by atoms with Crippen LogP contribution in [0.1, 0.15) is 6.42 Å². The number of anilines is 1. The average Bonchev–Trinajstić information content (AvgIpc) is 2.74. The quantitative estimate of drug-likeness (QED) is 0.463. The van der Waals surface area contributed by atoms with Gasteiger partial charge in [-0.25, -0.2) is 0 Å². The van der Waals surface area contributed by atoms with E-state index in [0.29, 0.717) is 23.3 Å². The lowest BCUT2D eigenvalue weighted by Gasteiger charge is -2.37. The van der Waals surface area contributed by atoms with Crippen LogP contribution in [0.4, 0.5) is 5.69 Å². The Kier molecular flexibility index (Phi) is 6.78. The molecule has 0 spiro atoms. The number of fused-ring (bicyclic) bond motifs is 1. The average molecular weight is 439 g/mol. The van der Waals surface area contributed by atoms with Crippen LogP contribution in [0.15, 0.2) is 41.3 Å². The molecule has 0 saturated carbocycles. The fourth-order valence-electron chi connectivity index (χ4n) is 3.56. The molecule has 0 aliphatic carbocycles. The minimum Gasteiger partial charge on any atom is -0.486 e. The van der Waals surface area contributed by atoms with E-state index >= 15 is 0 Å². The van der Waals surface area contributed by atoms with Gasteiger partial charge >= 0.3 is 0 Å². The molecule has 2 aromatic carbocycles. The number of rotatable bonds is 6. The van der Waals surface area contributed by atoms with Crippen molar-refractivity contribution in [3.8, 4) is 11.5 Å². The summed E-state index contributed by atoms with van der Waals surface area (Å²) in [6.07, 6.45) is 1.16. The predicted octanol–water partition coefficient (Wildman–Crippen LogP) is 5.07. The molecule has 4 nitrogen and oxygen atoms in total. The lowest BCUT2D eigenvalue weighted by Crippen LogP contribution is -2.46. The van der Waals surface area contributed by atoms with E-state index in [9.17, 15) is 0 Å². The summed E-state index contributed by atoms with van der Waals surface area (Å²) in [7, 11) is 0. The first kappa shape index (κ1) is 20.0. The molecular weight excluding hydrogens is 415 g/mol. The highest BCUT2D eigenvalue weighted by molar-refractivity contribution is 7.99. The summed E-state index contributed by atoms with van der Waals surface area (Å²) in [4.78, 5) is 6.13. The van der Waals surface area contributed by atoms with Crippen molar-refractivity contribution >= 4 is 40.7 Å². The smallest absolute Gasteiger partial charge is 0.184 e. The monoisotopic (exact) mass is 438 g/mol. The Bertz CT molecular complexity index is 813. The predicted molar refractivity (Wildman–Crippen MR) is 118 cm³/mol. The van der Waals surface area contributed by atoms with Crippen LogP contribution in [-0.4, -0.2) is 56.6 Å². The van der Waals surface area contributed by atoms with E-state index in [0.717, 1.165) is 62.1 Å². The Morgan fingerprint density at radius 1 is 0.929 bits per heavy atom. The Hall–Kier alpha value is -1.27. The maximum absolute atomic E-state index is 6.08. The molecule has 2 heterocycles. The number of hydrogen-bond donors (Lipinski definition) is 0. The molecule has 28 heavy (non-hydrogen) atoms. The van der Waals surface area contributed by atoms with Gasteiger partial charge in [0.25, 0.3) is 0 Å². The van der Waals surface area contributed by atoms with Gasteiger partial charge in [0.15, 0.2) is 11.5 Å². The van der Waals surface area contributed by atoms with Crippen molar-refractivity contribution < 1.29 is 9.47 Å². The molecule has 0 bridgehead atoms. The van der Waals surface area contributed by atoms with E-state index in [2.05, 4.69) is 21.9 Å². The normalized spacial score (nSPS) is 17.0. The number of hydrogen-bond acceptors (Lipinski definition) is 5. The summed E-state index contributed by atoms with van der Waals surface area (Å²) in [6.45, 7) is 6.54. The van der Waals surface area contributed by atoms with Crippen LogP contribution in [0, 0.1) is 0 Å². The summed E-state index contributed by atoms with van der Waals surface area (Å²) < 4.78 is 11.6. The molecule has 0 N–H and O–H groups in total. The largest absolute Gasteiger partial charge is 0.486 e. The molecule has 2 aromatic rings. The van der Waals surface area contributed by atoms with Gasteiger partial charge in [-0.3, -0.25) is 4.90 Å². The second-order valence-corrected chi connectivity index (χ2v) is 8.89. The van der Waals surface area contributed by atoms with Crippen molar-refractivity contribution in [1.29, 1.82) is 0 Å². The molecule has 0 radical (unpaired) electrons. The van der Waals surface area contributed by atoms with Crippen molar-refractivity contribution in [2.24, 2.45) is 0 Å². The maximum Gasteiger partial charge on any atom is 0.184 e. The number of para-hydroxylation sites is 1. The van der Waals surface area contributed by atoms with Crippen LogP contribution < -0.4 is 14.4 Å². The molecule has 2 aliphatic rings. The van der Waals surface area contributed by atoms with Gasteiger partial charge in [-0.15, -0.1) is 11.8 Å². The van der Waals surface area contributed by atoms with E-state index in [4.69, 9.17) is 32.7 Å². The number of thioether (sulfide) groups is 1. The first-order chi connectivity index (χ1) is 13.7. The Morgan fingerprint density at radius 3 is 2.57 bits per heavy atom. The van der Waals surface area contributed by atoms with Gasteiger partial charge < -0.3 is 14.4 Å². The van der Waals surface area contributed by atoms with E-state index in [1.54, 1.807) is 0 Å². The minimum atomic E-state index is 0.612. The van der Waals surface area contributed by atoms with E-state index in [1.807, 2.05) is 36.0 Å². The zero-order valence-corrected chi connectivity index (χ0v) is 18.0. The SMILES string of the molecule is Clc1ccc(SCCCN2CCN(c3cccc4c3OCCO4)CC2)cc1Cl.